The maximum Gasteiger partial charge on any atom is 0.261 e. The van der Waals surface area contributed by atoms with Crippen LogP contribution in [0.1, 0.15) is 55.7 Å². The molecule has 0 saturated heterocycles. The van der Waals surface area contributed by atoms with Gasteiger partial charge in [0.1, 0.15) is 11.8 Å². The van der Waals surface area contributed by atoms with Gasteiger partial charge in [0.2, 0.25) is 5.91 Å². The third-order valence-corrected chi connectivity index (χ3v) is 6.85. The minimum atomic E-state index is -0.602. The van der Waals surface area contributed by atoms with E-state index in [1.54, 1.807) is 17.0 Å². The molecule has 0 aliphatic heterocycles. The van der Waals surface area contributed by atoms with Crippen molar-refractivity contribution in [3.8, 4) is 5.75 Å². The molecule has 7 heteroatoms. The first-order chi connectivity index (χ1) is 15.8. The van der Waals surface area contributed by atoms with Crippen LogP contribution in [0.5, 0.6) is 5.75 Å². The topological polar surface area (TPSA) is 58.6 Å². The molecule has 33 heavy (non-hydrogen) atoms. The van der Waals surface area contributed by atoms with E-state index in [9.17, 15) is 9.59 Å². The SMILES string of the molecule is CC[C@H](C(=O)NC1CCCC1)N(Cc1ccc(Cl)c(Cl)c1)C(=O)COc1ccc(C)cc1C. The second-order valence-corrected chi connectivity index (χ2v) is 9.56. The highest BCUT2D eigenvalue weighted by atomic mass is 35.5. The molecule has 0 bridgehead atoms. The number of nitrogens with one attached hydrogen (secondary N) is 1. The molecule has 1 aliphatic carbocycles. The zero-order valence-electron chi connectivity index (χ0n) is 19.5. The summed E-state index contributed by atoms with van der Waals surface area (Å²) in [5.74, 6) is 0.283. The zero-order chi connectivity index (χ0) is 24.0. The molecule has 3 rings (SSSR count). The third-order valence-electron chi connectivity index (χ3n) is 6.11. The number of carbonyl (C=O) groups is 2. The first-order valence-corrected chi connectivity index (χ1v) is 12.3. The molecule has 0 unspecified atom stereocenters. The van der Waals surface area contributed by atoms with Gasteiger partial charge < -0.3 is 15.0 Å². The lowest BCUT2D eigenvalue weighted by Gasteiger charge is -2.31. The number of hydrogen-bond donors (Lipinski definition) is 1. The van der Waals surface area contributed by atoms with E-state index in [0.29, 0.717) is 22.2 Å². The van der Waals surface area contributed by atoms with Gasteiger partial charge in [-0.1, -0.05) is 66.7 Å². The van der Waals surface area contributed by atoms with Gasteiger partial charge in [0.15, 0.2) is 6.61 Å². The Kier molecular flexibility index (Phi) is 9.04. The first-order valence-electron chi connectivity index (χ1n) is 11.5. The van der Waals surface area contributed by atoms with Crippen molar-refractivity contribution in [3.05, 3.63) is 63.1 Å². The fraction of sp³-hybridized carbons (Fsp3) is 0.462. The Morgan fingerprint density at radius 3 is 2.45 bits per heavy atom. The summed E-state index contributed by atoms with van der Waals surface area (Å²) in [6, 6.07) is 10.7. The van der Waals surface area contributed by atoms with E-state index < -0.39 is 6.04 Å². The third kappa shape index (κ3) is 6.87. The van der Waals surface area contributed by atoms with E-state index in [0.717, 1.165) is 42.4 Å². The van der Waals surface area contributed by atoms with Crippen molar-refractivity contribution in [3.63, 3.8) is 0 Å². The summed E-state index contributed by atoms with van der Waals surface area (Å²) in [7, 11) is 0. The highest BCUT2D eigenvalue weighted by Crippen LogP contribution is 2.25. The maximum atomic E-state index is 13.4. The quantitative estimate of drug-likeness (QED) is 0.479. The molecule has 5 nitrogen and oxygen atoms in total. The van der Waals surface area contributed by atoms with Crippen LogP contribution >= 0.6 is 23.2 Å². The molecule has 1 saturated carbocycles. The summed E-state index contributed by atoms with van der Waals surface area (Å²) in [5, 5.41) is 4.00. The number of amides is 2. The van der Waals surface area contributed by atoms with Crippen LogP contribution in [0.2, 0.25) is 10.0 Å². The Bertz CT molecular complexity index is 989. The van der Waals surface area contributed by atoms with Crippen molar-refractivity contribution in [2.75, 3.05) is 6.61 Å². The van der Waals surface area contributed by atoms with Crippen molar-refractivity contribution in [2.24, 2.45) is 0 Å². The van der Waals surface area contributed by atoms with E-state index in [2.05, 4.69) is 5.32 Å². The van der Waals surface area contributed by atoms with Crippen LogP contribution in [0, 0.1) is 13.8 Å². The Labute approximate surface area is 206 Å². The molecule has 1 atom stereocenters. The molecule has 1 fully saturated rings. The molecule has 1 aliphatic rings. The minimum Gasteiger partial charge on any atom is -0.483 e. The monoisotopic (exact) mass is 490 g/mol. The number of benzene rings is 2. The molecule has 2 amide bonds. The molecular formula is C26H32Cl2N2O3. The summed E-state index contributed by atoms with van der Waals surface area (Å²) in [5.41, 5.74) is 2.89. The number of nitrogens with zero attached hydrogens (tertiary/aromatic N) is 1. The summed E-state index contributed by atoms with van der Waals surface area (Å²) in [6.45, 7) is 5.96. The number of rotatable bonds is 9. The lowest BCUT2D eigenvalue weighted by Crippen LogP contribution is -2.52. The van der Waals surface area contributed by atoms with Gasteiger partial charge in [-0.3, -0.25) is 9.59 Å². The highest BCUT2D eigenvalue weighted by molar-refractivity contribution is 6.42. The Balaban J connectivity index is 1.79. The molecule has 0 heterocycles. The van der Waals surface area contributed by atoms with Crippen LogP contribution < -0.4 is 10.1 Å². The van der Waals surface area contributed by atoms with Crippen molar-refractivity contribution in [1.82, 2.24) is 10.2 Å². The summed E-state index contributed by atoms with van der Waals surface area (Å²) < 4.78 is 5.85. The number of carbonyl (C=O) groups excluding carboxylic acids is 2. The van der Waals surface area contributed by atoms with Gasteiger partial charge in [0.05, 0.1) is 10.0 Å². The van der Waals surface area contributed by atoms with Gasteiger partial charge in [-0.15, -0.1) is 0 Å². The minimum absolute atomic E-state index is 0.121. The molecule has 2 aromatic carbocycles. The molecule has 178 valence electrons. The van der Waals surface area contributed by atoms with Crippen LogP contribution in [0.15, 0.2) is 36.4 Å². The Hall–Kier alpha value is -2.24. The lowest BCUT2D eigenvalue weighted by molar-refractivity contribution is -0.143. The normalized spacial score (nSPS) is 14.7. The molecule has 0 radical (unpaired) electrons. The van der Waals surface area contributed by atoms with Crippen LogP contribution in [-0.2, 0) is 16.1 Å². The predicted molar refractivity (Wildman–Crippen MR) is 133 cm³/mol. The number of halogens is 2. The Morgan fingerprint density at radius 1 is 1.09 bits per heavy atom. The van der Waals surface area contributed by atoms with Gasteiger partial charge in [0.25, 0.3) is 5.91 Å². The smallest absolute Gasteiger partial charge is 0.261 e. The van der Waals surface area contributed by atoms with Gasteiger partial charge in [-0.25, -0.2) is 0 Å². The predicted octanol–water partition coefficient (Wildman–Crippen LogP) is 5.86. The van der Waals surface area contributed by atoms with Crippen molar-refractivity contribution < 1.29 is 14.3 Å². The van der Waals surface area contributed by atoms with E-state index in [4.69, 9.17) is 27.9 Å². The molecule has 1 N–H and O–H groups in total. The van der Waals surface area contributed by atoms with Gasteiger partial charge >= 0.3 is 0 Å². The first kappa shape index (κ1) is 25.4. The maximum absolute atomic E-state index is 13.4. The summed E-state index contributed by atoms with van der Waals surface area (Å²) in [6.07, 6.45) is 4.71. The van der Waals surface area contributed by atoms with Crippen molar-refractivity contribution in [2.45, 2.75) is 71.5 Å². The standard InChI is InChI=1S/C26H32Cl2N2O3/c1-4-23(26(32)29-20-7-5-6-8-20)30(15-19-10-11-21(27)22(28)14-19)25(31)16-33-24-12-9-17(2)13-18(24)3/h9-14,20,23H,4-8,15-16H2,1-3H3,(H,29,32)/t23-/m1/s1. The molecule has 2 aromatic rings. The van der Waals surface area contributed by atoms with Gasteiger partial charge in [-0.05, 0) is 62.4 Å². The fourth-order valence-corrected chi connectivity index (χ4v) is 4.63. The second-order valence-electron chi connectivity index (χ2n) is 8.74. The van der Waals surface area contributed by atoms with E-state index in [-0.39, 0.29) is 31.0 Å². The highest BCUT2D eigenvalue weighted by Gasteiger charge is 2.31. The molecule has 0 aromatic heterocycles. The fourth-order valence-electron chi connectivity index (χ4n) is 4.31. The zero-order valence-corrected chi connectivity index (χ0v) is 21.0. The number of aryl methyl sites for hydroxylation is 2. The van der Waals surface area contributed by atoms with Crippen molar-refractivity contribution >= 4 is 35.0 Å². The van der Waals surface area contributed by atoms with Crippen LogP contribution in [0.3, 0.4) is 0 Å². The van der Waals surface area contributed by atoms with Gasteiger partial charge in [0, 0.05) is 12.6 Å². The van der Waals surface area contributed by atoms with E-state index in [1.165, 1.54) is 0 Å². The number of ether oxygens (including phenoxy) is 1. The van der Waals surface area contributed by atoms with Crippen LogP contribution in [0.25, 0.3) is 0 Å². The Morgan fingerprint density at radius 2 is 1.82 bits per heavy atom. The largest absolute Gasteiger partial charge is 0.483 e. The van der Waals surface area contributed by atoms with E-state index in [1.807, 2.05) is 45.0 Å². The van der Waals surface area contributed by atoms with E-state index >= 15 is 0 Å². The average molecular weight is 491 g/mol. The average Bonchev–Trinajstić information content (AvgIpc) is 3.28. The lowest BCUT2D eigenvalue weighted by atomic mass is 10.1. The van der Waals surface area contributed by atoms with Crippen molar-refractivity contribution in [1.29, 1.82) is 0 Å². The second kappa shape index (κ2) is 11.8. The van der Waals surface area contributed by atoms with Crippen LogP contribution in [-0.4, -0.2) is 35.4 Å². The summed E-state index contributed by atoms with van der Waals surface area (Å²) in [4.78, 5) is 28.1. The summed E-state index contributed by atoms with van der Waals surface area (Å²) >= 11 is 12.3. The molecular weight excluding hydrogens is 459 g/mol. The van der Waals surface area contributed by atoms with Gasteiger partial charge in [-0.2, -0.15) is 0 Å². The number of hydrogen-bond acceptors (Lipinski definition) is 3. The van der Waals surface area contributed by atoms with Crippen LogP contribution in [0.4, 0.5) is 0 Å². The molecule has 0 spiro atoms.